The quantitative estimate of drug-likeness (QED) is 0.491. The normalized spacial score (nSPS) is 18.4. The molecule has 6 nitrogen and oxygen atoms in total. The van der Waals surface area contributed by atoms with Gasteiger partial charge in [0.05, 0.1) is 10.2 Å². The summed E-state index contributed by atoms with van der Waals surface area (Å²) in [6.07, 6.45) is 2.28. The maximum atomic E-state index is 12.4. The summed E-state index contributed by atoms with van der Waals surface area (Å²) >= 11 is 1.64. The van der Waals surface area contributed by atoms with Crippen LogP contribution in [0.5, 0.6) is 11.5 Å². The summed E-state index contributed by atoms with van der Waals surface area (Å²) in [7, 11) is 0. The maximum Gasteiger partial charge on any atom is 0.410 e. The van der Waals surface area contributed by atoms with Crippen LogP contribution < -0.4 is 9.47 Å². The van der Waals surface area contributed by atoms with E-state index in [0.717, 1.165) is 44.3 Å². The summed E-state index contributed by atoms with van der Waals surface area (Å²) < 4.78 is 19.2. The number of aromatic nitrogens is 1. The highest BCUT2D eigenvalue weighted by Crippen LogP contribution is 2.44. The molecule has 2 aliphatic heterocycles. The molecule has 3 aromatic rings. The SMILES string of the molecule is CC(C)(C)OC(=O)N1CC=C(c2cccc3c2OC(c2nc4ccccc4s2)CO3)CC1. The standard InChI is InChI=1S/C25H26N2O4S/c1-25(2,3)31-24(28)27-13-11-16(12-14-27)17-7-6-9-19-22(17)30-20(15-29-19)23-26-18-8-4-5-10-21(18)32-23/h4-11,20H,12-15H2,1-3H3. The fraction of sp³-hybridized carbons (Fsp3) is 0.360. The van der Waals surface area contributed by atoms with E-state index in [1.165, 1.54) is 0 Å². The van der Waals surface area contributed by atoms with E-state index in [0.29, 0.717) is 19.7 Å². The Morgan fingerprint density at radius 3 is 2.78 bits per heavy atom. The summed E-state index contributed by atoms with van der Waals surface area (Å²) in [5.74, 6) is 1.50. The first-order valence-corrected chi connectivity index (χ1v) is 11.6. The summed E-state index contributed by atoms with van der Waals surface area (Å²) in [5, 5.41) is 0.917. The molecular formula is C25H26N2O4S. The Morgan fingerprint density at radius 1 is 1.19 bits per heavy atom. The molecule has 1 amide bonds. The minimum atomic E-state index is -0.500. The van der Waals surface area contributed by atoms with Crippen molar-refractivity contribution >= 4 is 33.2 Å². The second kappa shape index (κ2) is 8.13. The van der Waals surface area contributed by atoms with Gasteiger partial charge in [-0.15, -0.1) is 11.3 Å². The van der Waals surface area contributed by atoms with Gasteiger partial charge in [0.2, 0.25) is 0 Å². The lowest BCUT2D eigenvalue weighted by Crippen LogP contribution is -2.39. The molecule has 0 aliphatic carbocycles. The molecule has 32 heavy (non-hydrogen) atoms. The number of para-hydroxylation sites is 2. The molecular weight excluding hydrogens is 424 g/mol. The van der Waals surface area contributed by atoms with Gasteiger partial charge in [0, 0.05) is 18.7 Å². The number of thiazole rings is 1. The Labute approximate surface area is 191 Å². The van der Waals surface area contributed by atoms with E-state index in [4.69, 9.17) is 19.2 Å². The Bertz CT molecular complexity index is 1160. The molecule has 0 saturated carbocycles. The lowest BCUT2D eigenvalue weighted by molar-refractivity contribution is 0.0270. The van der Waals surface area contributed by atoms with E-state index < -0.39 is 5.60 Å². The van der Waals surface area contributed by atoms with E-state index in [9.17, 15) is 4.79 Å². The lowest BCUT2D eigenvalue weighted by Gasteiger charge is -2.31. The average molecular weight is 451 g/mol. The second-order valence-electron chi connectivity index (χ2n) is 8.98. The van der Waals surface area contributed by atoms with Gasteiger partial charge in [0.25, 0.3) is 0 Å². The minimum absolute atomic E-state index is 0.247. The molecule has 1 unspecified atom stereocenters. The van der Waals surface area contributed by atoms with Gasteiger partial charge in [-0.3, -0.25) is 0 Å². The van der Waals surface area contributed by atoms with Crippen molar-refractivity contribution in [3.63, 3.8) is 0 Å². The van der Waals surface area contributed by atoms with Gasteiger partial charge in [0.1, 0.15) is 17.2 Å². The van der Waals surface area contributed by atoms with Crippen molar-refractivity contribution < 1.29 is 19.0 Å². The number of ether oxygens (including phenoxy) is 3. The van der Waals surface area contributed by atoms with E-state index in [1.807, 2.05) is 51.1 Å². The highest BCUT2D eigenvalue weighted by molar-refractivity contribution is 7.18. The molecule has 0 N–H and O–H groups in total. The molecule has 0 radical (unpaired) electrons. The van der Waals surface area contributed by atoms with Crippen molar-refractivity contribution in [2.45, 2.75) is 38.9 Å². The fourth-order valence-electron chi connectivity index (χ4n) is 3.90. The number of fused-ring (bicyclic) bond motifs is 2. The van der Waals surface area contributed by atoms with Crippen LogP contribution in [0.15, 0.2) is 48.5 Å². The van der Waals surface area contributed by atoms with E-state index in [-0.39, 0.29) is 12.2 Å². The maximum absolute atomic E-state index is 12.4. The number of rotatable bonds is 2. The van der Waals surface area contributed by atoms with Crippen LogP contribution >= 0.6 is 11.3 Å². The smallest absolute Gasteiger partial charge is 0.410 e. The fourth-order valence-corrected chi connectivity index (χ4v) is 4.88. The van der Waals surface area contributed by atoms with Crippen molar-refractivity contribution in [3.05, 3.63) is 59.1 Å². The summed E-state index contributed by atoms with van der Waals surface area (Å²) in [6.45, 7) is 7.19. The number of amides is 1. The first-order valence-electron chi connectivity index (χ1n) is 10.8. The third-order valence-corrected chi connectivity index (χ3v) is 6.55. The second-order valence-corrected chi connectivity index (χ2v) is 10.0. The van der Waals surface area contributed by atoms with Gasteiger partial charge < -0.3 is 19.1 Å². The average Bonchev–Trinajstić information content (AvgIpc) is 3.22. The van der Waals surface area contributed by atoms with Gasteiger partial charge in [-0.2, -0.15) is 0 Å². The Hall–Kier alpha value is -3.06. The summed E-state index contributed by atoms with van der Waals surface area (Å²) in [4.78, 5) is 18.9. The summed E-state index contributed by atoms with van der Waals surface area (Å²) in [5.41, 5.74) is 2.64. The number of carbonyl (C=O) groups is 1. The lowest BCUT2D eigenvalue weighted by atomic mass is 9.98. The van der Waals surface area contributed by atoms with Gasteiger partial charge in [-0.1, -0.05) is 30.3 Å². The third kappa shape index (κ3) is 4.17. The molecule has 0 saturated heterocycles. The Balaban J connectivity index is 1.37. The number of carbonyl (C=O) groups excluding carboxylic acids is 1. The van der Waals surface area contributed by atoms with Crippen LogP contribution in [0.25, 0.3) is 15.8 Å². The van der Waals surface area contributed by atoms with Gasteiger partial charge in [-0.05, 0) is 51.0 Å². The van der Waals surface area contributed by atoms with Crippen LogP contribution in [0.2, 0.25) is 0 Å². The van der Waals surface area contributed by atoms with Crippen LogP contribution in [-0.4, -0.2) is 41.3 Å². The van der Waals surface area contributed by atoms with Crippen LogP contribution in [0.3, 0.4) is 0 Å². The van der Waals surface area contributed by atoms with Gasteiger partial charge in [-0.25, -0.2) is 9.78 Å². The predicted octanol–water partition coefficient (Wildman–Crippen LogP) is 5.83. The molecule has 7 heteroatoms. The molecule has 0 fully saturated rings. The highest BCUT2D eigenvalue weighted by Gasteiger charge is 2.30. The first kappa shape index (κ1) is 20.8. The molecule has 1 atom stereocenters. The highest BCUT2D eigenvalue weighted by atomic mass is 32.1. The summed E-state index contributed by atoms with van der Waals surface area (Å²) in [6, 6.07) is 14.1. The molecule has 5 rings (SSSR count). The molecule has 2 aliphatic rings. The molecule has 2 aromatic carbocycles. The van der Waals surface area contributed by atoms with Crippen molar-refractivity contribution in [1.29, 1.82) is 0 Å². The zero-order valence-electron chi connectivity index (χ0n) is 18.5. The largest absolute Gasteiger partial charge is 0.485 e. The van der Waals surface area contributed by atoms with Crippen molar-refractivity contribution in [3.8, 4) is 11.5 Å². The van der Waals surface area contributed by atoms with Crippen molar-refractivity contribution in [1.82, 2.24) is 9.88 Å². The third-order valence-electron chi connectivity index (χ3n) is 5.42. The van der Waals surface area contributed by atoms with Crippen LogP contribution in [0.4, 0.5) is 4.79 Å². The molecule has 166 valence electrons. The van der Waals surface area contributed by atoms with Gasteiger partial charge >= 0.3 is 6.09 Å². The van der Waals surface area contributed by atoms with Crippen LogP contribution in [0, 0.1) is 0 Å². The monoisotopic (exact) mass is 450 g/mol. The number of benzene rings is 2. The minimum Gasteiger partial charge on any atom is -0.485 e. The number of hydrogen-bond donors (Lipinski definition) is 0. The van der Waals surface area contributed by atoms with Crippen molar-refractivity contribution in [2.24, 2.45) is 0 Å². The van der Waals surface area contributed by atoms with Crippen LogP contribution in [-0.2, 0) is 4.74 Å². The van der Waals surface area contributed by atoms with Gasteiger partial charge in [0.15, 0.2) is 17.6 Å². The Morgan fingerprint density at radius 2 is 2.03 bits per heavy atom. The first-order chi connectivity index (χ1) is 15.4. The molecule has 3 heterocycles. The van der Waals surface area contributed by atoms with Crippen molar-refractivity contribution in [2.75, 3.05) is 19.7 Å². The van der Waals surface area contributed by atoms with Crippen LogP contribution in [0.1, 0.15) is 43.9 Å². The predicted molar refractivity (Wildman–Crippen MR) is 125 cm³/mol. The van der Waals surface area contributed by atoms with E-state index in [1.54, 1.807) is 16.2 Å². The molecule has 0 spiro atoms. The van der Waals surface area contributed by atoms with E-state index >= 15 is 0 Å². The topological polar surface area (TPSA) is 60.9 Å². The Kier molecular flexibility index (Phi) is 5.29. The zero-order chi connectivity index (χ0) is 22.3. The van der Waals surface area contributed by atoms with E-state index in [2.05, 4.69) is 18.2 Å². The zero-order valence-corrected chi connectivity index (χ0v) is 19.3. The molecule has 1 aromatic heterocycles. The molecule has 0 bridgehead atoms. The number of nitrogens with zero attached hydrogens (tertiary/aromatic N) is 2. The number of hydrogen-bond acceptors (Lipinski definition) is 6.